The van der Waals surface area contributed by atoms with Crippen molar-refractivity contribution in [2.24, 2.45) is 0 Å². The molecule has 0 saturated carbocycles. The second-order valence-corrected chi connectivity index (χ2v) is 7.55. The number of aromatic nitrogens is 4. The van der Waals surface area contributed by atoms with E-state index in [0.29, 0.717) is 0 Å². The van der Waals surface area contributed by atoms with Crippen molar-refractivity contribution < 1.29 is 30.8 Å². The summed E-state index contributed by atoms with van der Waals surface area (Å²) in [6.07, 6.45) is 8.09. The summed E-state index contributed by atoms with van der Waals surface area (Å²) in [5.41, 5.74) is 7.86. The number of nitrogens with one attached hydrogen (secondary N) is 2. The summed E-state index contributed by atoms with van der Waals surface area (Å²) < 4.78 is 29.2. The number of rotatable bonds is 0. The van der Waals surface area contributed by atoms with Crippen LogP contribution in [0.4, 0.5) is 0 Å². The molecule has 2 aliphatic rings. The first-order valence-corrected chi connectivity index (χ1v) is 10.3. The molecule has 8 bridgehead atoms. The monoisotopic (exact) mass is 437 g/mol. The van der Waals surface area contributed by atoms with Gasteiger partial charge in [-0.25, -0.2) is 9.97 Å². The van der Waals surface area contributed by atoms with E-state index in [2.05, 4.69) is 44.2 Å². The van der Waals surface area contributed by atoms with Gasteiger partial charge in [0, 0.05) is 22.1 Å². The van der Waals surface area contributed by atoms with E-state index in [1.165, 1.54) is 0 Å². The number of fused-ring (bicyclic) bond motifs is 8. The molecule has 0 spiro atoms. The SMILES string of the molecule is C1=Cc2cc3ccc(cc4nc(cc5ccc(cc1n2)[nH]5)C=C4)[nH]3.[OH][Co]([OH])([OH])[OH]. The van der Waals surface area contributed by atoms with Gasteiger partial charge in [0.15, 0.2) is 0 Å². The average molecular weight is 437 g/mol. The van der Waals surface area contributed by atoms with Crippen LogP contribution in [0.3, 0.4) is 0 Å². The van der Waals surface area contributed by atoms with E-state index < -0.39 is 13.9 Å². The number of nitrogens with zero attached hydrogens (tertiary/aromatic N) is 2. The zero-order chi connectivity index (χ0) is 20.4. The molecule has 3 aromatic heterocycles. The first kappa shape index (κ1) is 19.3. The molecule has 5 rings (SSSR count). The van der Waals surface area contributed by atoms with Crippen LogP contribution in [0, 0.1) is 0 Å². The Balaban J connectivity index is 0.000000369. The second-order valence-electron chi connectivity index (χ2n) is 6.31. The minimum atomic E-state index is -4.38. The Kier molecular flexibility index (Phi) is 5.15. The summed E-state index contributed by atoms with van der Waals surface area (Å²) >= 11 is -4.38. The van der Waals surface area contributed by atoms with Gasteiger partial charge in [-0.2, -0.15) is 0 Å². The summed E-state index contributed by atoms with van der Waals surface area (Å²) in [6.45, 7) is 0. The van der Waals surface area contributed by atoms with Gasteiger partial charge in [-0.15, -0.1) is 0 Å². The maximum atomic E-state index is 7.30. The van der Waals surface area contributed by atoms with Gasteiger partial charge in [-0.1, -0.05) is 0 Å². The van der Waals surface area contributed by atoms with Gasteiger partial charge < -0.3 is 9.97 Å². The molecule has 0 amide bonds. The molecule has 2 aliphatic heterocycles. The third kappa shape index (κ3) is 5.48. The topological polar surface area (TPSA) is 138 Å². The third-order valence-corrected chi connectivity index (χ3v) is 4.04. The van der Waals surface area contributed by atoms with Gasteiger partial charge in [-0.05, 0) is 72.8 Å². The molecular weight excluding hydrogens is 419 g/mol. The Morgan fingerprint density at radius 3 is 1.00 bits per heavy atom. The predicted molar refractivity (Wildman–Crippen MR) is 108 cm³/mol. The van der Waals surface area contributed by atoms with Crippen molar-refractivity contribution in [3.8, 4) is 0 Å². The molecule has 29 heavy (non-hydrogen) atoms. The Morgan fingerprint density at radius 1 is 0.517 bits per heavy atom. The summed E-state index contributed by atoms with van der Waals surface area (Å²) in [7, 11) is 0. The number of hydrogen-bond donors (Lipinski definition) is 6. The molecule has 0 aromatic carbocycles. The van der Waals surface area contributed by atoms with Gasteiger partial charge in [0.25, 0.3) is 0 Å². The molecule has 8 nitrogen and oxygen atoms in total. The molecular formula is C20H18CoN4O4. The van der Waals surface area contributed by atoms with E-state index in [9.17, 15) is 0 Å². The van der Waals surface area contributed by atoms with Crippen LogP contribution < -0.4 is 0 Å². The van der Waals surface area contributed by atoms with E-state index in [0.717, 1.165) is 44.8 Å². The first-order chi connectivity index (χ1) is 13.8. The van der Waals surface area contributed by atoms with Crippen molar-refractivity contribution in [3.63, 3.8) is 0 Å². The van der Waals surface area contributed by atoms with Crippen molar-refractivity contribution in [3.05, 3.63) is 71.3 Å². The standard InChI is InChI=1S/C20H14N4.Co.4H2O/c1-2-14-10-16-5-6-18(23-16)12-20-8-7-19(24-20)11-17-4-3-15(22-17)9-13(1)21-14;;;;;/h1-12,21,24H;;4*1H2/q;+4;;;;/p-4. The van der Waals surface area contributed by atoms with Gasteiger partial charge in [0.2, 0.25) is 0 Å². The average Bonchev–Trinajstić information content (AvgIpc) is 3.38. The number of aromatic amines is 2. The van der Waals surface area contributed by atoms with Crippen molar-refractivity contribution in [1.82, 2.24) is 19.9 Å². The van der Waals surface area contributed by atoms with Crippen LogP contribution in [0.25, 0.3) is 46.4 Å². The Hall–Kier alpha value is -3.05. The van der Waals surface area contributed by atoms with Crippen molar-refractivity contribution in [2.45, 2.75) is 0 Å². The third-order valence-electron chi connectivity index (χ3n) is 4.04. The molecule has 9 heteroatoms. The van der Waals surface area contributed by atoms with E-state index >= 15 is 0 Å². The molecule has 0 saturated heterocycles. The predicted octanol–water partition coefficient (Wildman–Crippen LogP) is 2.43. The maximum absolute atomic E-state index is 7.30. The fourth-order valence-electron chi connectivity index (χ4n) is 2.94. The van der Waals surface area contributed by atoms with Crippen LogP contribution in [0.15, 0.2) is 48.5 Å². The van der Waals surface area contributed by atoms with E-state index in [4.69, 9.17) is 16.9 Å². The first-order valence-electron chi connectivity index (χ1n) is 8.44. The van der Waals surface area contributed by atoms with Gasteiger partial charge in [-0.3, -0.25) is 0 Å². The van der Waals surface area contributed by atoms with Crippen LogP contribution in [-0.4, -0.2) is 36.8 Å². The van der Waals surface area contributed by atoms with Crippen LogP contribution in [-0.2, 0) is 13.9 Å². The van der Waals surface area contributed by atoms with Gasteiger partial charge in [0.1, 0.15) is 0 Å². The Labute approximate surface area is 168 Å². The van der Waals surface area contributed by atoms with Gasteiger partial charge in [0.05, 0.1) is 22.8 Å². The molecule has 3 aromatic rings. The van der Waals surface area contributed by atoms with E-state index in [-0.39, 0.29) is 0 Å². The molecule has 0 aliphatic carbocycles. The molecule has 5 heterocycles. The quantitative estimate of drug-likeness (QED) is 0.220. The van der Waals surface area contributed by atoms with E-state index in [1.807, 2.05) is 48.6 Å². The van der Waals surface area contributed by atoms with Crippen LogP contribution in [0.2, 0.25) is 0 Å². The number of hydrogen-bond acceptors (Lipinski definition) is 6. The van der Waals surface area contributed by atoms with Crippen LogP contribution in [0.5, 0.6) is 0 Å². The van der Waals surface area contributed by atoms with Crippen LogP contribution >= 0.6 is 0 Å². The molecule has 0 radical (unpaired) electrons. The van der Waals surface area contributed by atoms with E-state index in [1.54, 1.807) is 0 Å². The molecule has 151 valence electrons. The summed E-state index contributed by atoms with van der Waals surface area (Å²) in [6, 6.07) is 16.4. The normalized spacial score (nSPS) is 13.1. The molecule has 0 atom stereocenters. The zero-order valence-corrected chi connectivity index (χ0v) is 16.0. The fourth-order valence-corrected chi connectivity index (χ4v) is 2.94. The Bertz CT molecular complexity index is 1090. The molecule has 0 unspecified atom stereocenters. The fraction of sp³-hybridized carbons (Fsp3) is 0. The minimum absolute atomic E-state index is 0.939. The summed E-state index contributed by atoms with van der Waals surface area (Å²) in [5, 5.41) is 0. The number of H-pyrrole nitrogens is 2. The van der Waals surface area contributed by atoms with Gasteiger partial charge >= 0.3 is 30.8 Å². The molecule has 0 fully saturated rings. The van der Waals surface area contributed by atoms with Crippen LogP contribution in [0.1, 0.15) is 22.8 Å². The Morgan fingerprint density at radius 2 is 0.759 bits per heavy atom. The second kappa shape index (κ2) is 7.76. The summed E-state index contributed by atoms with van der Waals surface area (Å²) in [4.78, 5) is 16.0. The van der Waals surface area contributed by atoms with Crippen molar-refractivity contribution >= 4 is 46.4 Å². The molecule has 6 N–H and O–H groups in total. The van der Waals surface area contributed by atoms with Crippen molar-refractivity contribution in [1.29, 1.82) is 0 Å². The summed E-state index contributed by atoms with van der Waals surface area (Å²) in [5.74, 6) is 0. The van der Waals surface area contributed by atoms with Crippen molar-refractivity contribution in [2.75, 3.05) is 0 Å². The zero-order valence-electron chi connectivity index (χ0n) is 14.9.